The molecule has 29 heavy (non-hydrogen) atoms. The molecule has 0 unspecified atom stereocenters. The molecule has 6 nitrogen and oxygen atoms in total. The fourth-order valence-electron chi connectivity index (χ4n) is 2.56. The van der Waals surface area contributed by atoms with Crippen LogP contribution in [0.4, 0.5) is 13.2 Å². The molecule has 1 heterocycles. The van der Waals surface area contributed by atoms with Crippen molar-refractivity contribution in [3.8, 4) is 5.69 Å². The van der Waals surface area contributed by atoms with Gasteiger partial charge in [0.15, 0.2) is 11.8 Å². The second kappa shape index (κ2) is 10.2. The van der Waals surface area contributed by atoms with Crippen LogP contribution in [0.3, 0.4) is 0 Å². The van der Waals surface area contributed by atoms with Crippen molar-refractivity contribution in [2.24, 2.45) is 4.99 Å². The molecule has 0 aliphatic heterocycles. The van der Waals surface area contributed by atoms with Crippen LogP contribution in [0.1, 0.15) is 17.0 Å². The molecule has 3 rings (SSSR count). The van der Waals surface area contributed by atoms with E-state index in [0.717, 1.165) is 17.8 Å². The van der Waals surface area contributed by atoms with Crippen LogP contribution in [-0.2, 0) is 19.3 Å². The highest BCUT2D eigenvalue weighted by Gasteiger charge is 2.29. The predicted molar refractivity (Wildman–Crippen MR) is 115 cm³/mol. The average molecular weight is 516 g/mol. The Morgan fingerprint density at radius 1 is 1.00 bits per heavy atom. The van der Waals surface area contributed by atoms with E-state index in [4.69, 9.17) is 0 Å². The van der Waals surface area contributed by atoms with Crippen LogP contribution >= 0.6 is 24.0 Å². The Kier molecular flexibility index (Phi) is 8.00. The first-order chi connectivity index (χ1) is 13.5. The van der Waals surface area contributed by atoms with Crippen molar-refractivity contribution in [2.75, 3.05) is 7.05 Å². The SMILES string of the molecule is CN=C(NCc1ccc(C(F)(F)F)cc1)NCc1nncn1-c1ccccc1.I. The molecule has 0 radical (unpaired) electrons. The van der Waals surface area contributed by atoms with E-state index in [1.165, 1.54) is 12.1 Å². The summed E-state index contributed by atoms with van der Waals surface area (Å²) in [4.78, 5) is 4.12. The maximum atomic E-state index is 12.6. The van der Waals surface area contributed by atoms with Crippen LogP contribution in [0.15, 0.2) is 65.9 Å². The van der Waals surface area contributed by atoms with Crippen molar-refractivity contribution >= 4 is 29.9 Å². The zero-order valence-electron chi connectivity index (χ0n) is 15.5. The topological polar surface area (TPSA) is 67.1 Å². The van der Waals surface area contributed by atoms with Gasteiger partial charge in [-0.05, 0) is 29.8 Å². The van der Waals surface area contributed by atoms with E-state index in [1.807, 2.05) is 34.9 Å². The third-order valence-corrected chi connectivity index (χ3v) is 4.03. The first-order valence-corrected chi connectivity index (χ1v) is 8.52. The van der Waals surface area contributed by atoms with E-state index >= 15 is 0 Å². The molecule has 0 bridgehead atoms. The Balaban J connectivity index is 0.00000300. The lowest BCUT2D eigenvalue weighted by atomic mass is 10.1. The number of rotatable bonds is 5. The fraction of sp³-hybridized carbons (Fsp3) is 0.211. The van der Waals surface area contributed by atoms with Crippen molar-refractivity contribution in [2.45, 2.75) is 19.3 Å². The minimum absolute atomic E-state index is 0. The molecule has 0 amide bonds. The van der Waals surface area contributed by atoms with E-state index in [0.29, 0.717) is 30.4 Å². The van der Waals surface area contributed by atoms with Gasteiger partial charge < -0.3 is 10.6 Å². The second-order valence-corrected chi connectivity index (χ2v) is 5.93. The molecule has 0 saturated carbocycles. The smallest absolute Gasteiger partial charge is 0.352 e. The maximum Gasteiger partial charge on any atom is 0.416 e. The number of aromatic nitrogens is 3. The van der Waals surface area contributed by atoms with Gasteiger partial charge in [-0.25, -0.2) is 0 Å². The molecule has 3 aromatic rings. The minimum Gasteiger partial charge on any atom is -0.352 e. The van der Waals surface area contributed by atoms with Gasteiger partial charge in [0.1, 0.15) is 6.33 Å². The third kappa shape index (κ3) is 6.17. The Labute approximate surface area is 183 Å². The summed E-state index contributed by atoms with van der Waals surface area (Å²) in [5, 5.41) is 14.2. The summed E-state index contributed by atoms with van der Waals surface area (Å²) in [5.74, 6) is 1.20. The van der Waals surface area contributed by atoms with Crippen molar-refractivity contribution in [1.29, 1.82) is 0 Å². The summed E-state index contributed by atoms with van der Waals surface area (Å²) < 4.78 is 39.7. The van der Waals surface area contributed by atoms with Crippen LogP contribution in [0.25, 0.3) is 5.69 Å². The normalized spacial score (nSPS) is 11.7. The maximum absolute atomic E-state index is 12.6. The summed E-state index contributed by atoms with van der Waals surface area (Å²) in [7, 11) is 1.62. The van der Waals surface area contributed by atoms with E-state index in [-0.39, 0.29) is 24.0 Å². The second-order valence-electron chi connectivity index (χ2n) is 5.93. The van der Waals surface area contributed by atoms with Gasteiger partial charge in [0.2, 0.25) is 0 Å². The summed E-state index contributed by atoms with van der Waals surface area (Å²) in [6.07, 6.45) is -2.71. The first kappa shape index (κ1) is 22.7. The van der Waals surface area contributed by atoms with Gasteiger partial charge in [0.25, 0.3) is 0 Å². The number of nitrogens with one attached hydrogen (secondary N) is 2. The van der Waals surface area contributed by atoms with E-state index in [1.54, 1.807) is 13.4 Å². The lowest BCUT2D eigenvalue weighted by molar-refractivity contribution is -0.137. The number of nitrogens with zero attached hydrogens (tertiary/aromatic N) is 4. The number of halogens is 4. The van der Waals surface area contributed by atoms with Crippen molar-refractivity contribution in [3.05, 3.63) is 77.9 Å². The zero-order chi connectivity index (χ0) is 20.0. The molecular formula is C19H20F3IN6. The highest BCUT2D eigenvalue weighted by Crippen LogP contribution is 2.29. The van der Waals surface area contributed by atoms with E-state index in [9.17, 15) is 13.2 Å². The van der Waals surface area contributed by atoms with Crippen molar-refractivity contribution in [3.63, 3.8) is 0 Å². The fourth-order valence-corrected chi connectivity index (χ4v) is 2.56. The summed E-state index contributed by atoms with van der Waals surface area (Å²) >= 11 is 0. The monoisotopic (exact) mass is 516 g/mol. The lowest BCUT2D eigenvalue weighted by Crippen LogP contribution is -2.36. The summed E-state index contributed by atoms with van der Waals surface area (Å²) in [5.41, 5.74) is 0.986. The molecule has 10 heteroatoms. The van der Waals surface area contributed by atoms with Gasteiger partial charge in [-0.2, -0.15) is 13.2 Å². The van der Waals surface area contributed by atoms with Crippen molar-refractivity contribution < 1.29 is 13.2 Å². The molecule has 154 valence electrons. The van der Waals surface area contributed by atoms with Crippen LogP contribution in [-0.4, -0.2) is 27.8 Å². The van der Waals surface area contributed by atoms with Crippen LogP contribution in [0, 0.1) is 0 Å². The van der Waals surface area contributed by atoms with Crippen molar-refractivity contribution in [1.82, 2.24) is 25.4 Å². The summed E-state index contributed by atoms with van der Waals surface area (Å²) in [6.45, 7) is 0.713. The predicted octanol–water partition coefficient (Wildman–Crippen LogP) is 3.77. The van der Waals surface area contributed by atoms with E-state index in [2.05, 4.69) is 25.8 Å². The number of hydrogen-bond donors (Lipinski definition) is 2. The quantitative estimate of drug-likeness (QED) is 0.308. The molecule has 0 fully saturated rings. The molecule has 0 spiro atoms. The Morgan fingerprint density at radius 3 is 2.28 bits per heavy atom. The number of para-hydroxylation sites is 1. The van der Waals surface area contributed by atoms with Gasteiger partial charge in [-0.3, -0.25) is 9.56 Å². The zero-order valence-corrected chi connectivity index (χ0v) is 17.8. The largest absolute Gasteiger partial charge is 0.416 e. The first-order valence-electron chi connectivity index (χ1n) is 8.52. The molecule has 0 saturated heterocycles. The Hall–Kier alpha value is -2.63. The molecule has 0 aliphatic carbocycles. The van der Waals surface area contributed by atoms with Gasteiger partial charge >= 0.3 is 6.18 Å². The van der Waals surface area contributed by atoms with Gasteiger partial charge in [0, 0.05) is 19.3 Å². The van der Waals surface area contributed by atoms with Crippen LogP contribution in [0.5, 0.6) is 0 Å². The molecule has 0 aliphatic rings. The average Bonchev–Trinajstić information content (AvgIpc) is 3.17. The molecule has 1 aromatic heterocycles. The van der Waals surface area contributed by atoms with Gasteiger partial charge in [0.05, 0.1) is 12.1 Å². The number of benzene rings is 2. The number of hydrogen-bond acceptors (Lipinski definition) is 3. The highest BCUT2D eigenvalue weighted by atomic mass is 127. The van der Waals surface area contributed by atoms with Crippen LogP contribution in [0.2, 0.25) is 0 Å². The molecule has 2 aromatic carbocycles. The Morgan fingerprint density at radius 2 is 1.66 bits per heavy atom. The number of guanidine groups is 1. The molecular weight excluding hydrogens is 496 g/mol. The Bertz CT molecular complexity index is 923. The lowest BCUT2D eigenvalue weighted by Gasteiger charge is -2.13. The molecule has 2 N–H and O–H groups in total. The van der Waals surface area contributed by atoms with Gasteiger partial charge in [-0.15, -0.1) is 34.2 Å². The number of alkyl halides is 3. The van der Waals surface area contributed by atoms with Crippen LogP contribution < -0.4 is 10.6 Å². The van der Waals surface area contributed by atoms with Gasteiger partial charge in [-0.1, -0.05) is 30.3 Å². The van der Waals surface area contributed by atoms with E-state index < -0.39 is 11.7 Å². The minimum atomic E-state index is -4.34. The standard InChI is InChI=1S/C19H19F3N6.HI/c1-23-18(24-11-14-7-9-15(10-8-14)19(20,21)22)25-12-17-27-26-13-28(17)16-5-3-2-4-6-16;/h2-10,13H,11-12H2,1H3,(H2,23,24,25);1H. The summed E-state index contributed by atoms with van der Waals surface area (Å²) in [6, 6.07) is 14.7. The highest BCUT2D eigenvalue weighted by molar-refractivity contribution is 14.0. The number of aliphatic imine (C=N–C) groups is 1. The molecule has 0 atom stereocenters. The third-order valence-electron chi connectivity index (χ3n) is 4.03.